The molecule has 3 heteroatoms. The average Bonchev–Trinajstić information content (AvgIpc) is 2.91. The molecule has 3 saturated heterocycles. The summed E-state index contributed by atoms with van der Waals surface area (Å²) in [6.07, 6.45) is 12.9. The zero-order valence-electron chi connectivity index (χ0n) is 12.5. The molecular weight excluding hydrogens is 252 g/mol. The third-order valence-corrected chi connectivity index (χ3v) is 7.47. The molecule has 2 nitrogen and oxygen atoms in total. The summed E-state index contributed by atoms with van der Waals surface area (Å²) >= 11 is 0. The molecular formula is C16H30N2S. The largest absolute Gasteiger partial charge is 0.303 e. The van der Waals surface area contributed by atoms with Gasteiger partial charge < -0.3 is 4.90 Å². The quantitative estimate of drug-likeness (QED) is 0.712. The maximum Gasteiger partial charge on any atom is 0.0201 e. The first kappa shape index (κ1) is 14.1. The topological polar surface area (TPSA) is 6.48 Å². The van der Waals surface area contributed by atoms with Crippen LogP contribution in [0.2, 0.25) is 0 Å². The van der Waals surface area contributed by atoms with Crippen LogP contribution in [0.1, 0.15) is 57.8 Å². The van der Waals surface area contributed by atoms with Crippen molar-refractivity contribution in [2.45, 2.75) is 75.9 Å². The maximum atomic E-state index is 4.53. The summed E-state index contributed by atoms with van der Waals surface area (Å²) < 4.78 is 2.82. The van der Waals surface area contributed by atoms with Gasteiger partial charge in [-0.05, 0) is 65.0 Å². The Kier molecular flexibility index (Phi) is 4.66. The molecule has 4 atom stereocenters. The molecule has 3 aliphatic rings. The molecule has 3 aliphatic heterocycles. The van der Waals surface area contributed by atoms with Gasteiger partial charge in [0.2, 0.25) is 0 Å². The summed E-state index contributed by atoms with van der Waals surface area (Å²) in [5.41, 5.74) is 0. The molecule has 110 valence electrons. The predicted octanol–water partition coefficient (Wildman–Crippen LogP) is 3.49. The van der Waals surface area contributed by atoms with Gasteiger partial charge >= 0.3 is 0 Å². The van der Waals surface area contributed by atoms with Crippen LogP contribution in [0.3, 0.4) is 0 Å². The minimum absolute atomic E-state index is 0.299. The van der Waals surface area contributed by atoms with E-state index in [4.69, 9.17) is 0 Å². The van der Waals surface area contributed by atoms with E-state index in [0.29, 0.717) is 10.7 Å². The lowest BCUT2D eigenvalue weighted by Gasteiger charge is -2.36. The molecule has 3 fully saturated rings. The van der Waals surface area contributed by atoms with Crippen molar-refractivity contribution >= 4 is 16.5 Å². The van der Waals surface area contributed by atoms with E-state index in [9.17, 15) is 0 Å². The SMILES string of the molecule is C=S(CCCC1CCCN1C)N1C2CCCC1CC2. The molecule has 0 N–H and O–H groups in total. The van der Waals surface area contributed by atoms with Gasteiger partial charge in [0.05, 0.1) is 0 Å². The number of likely N-dealkylation sites (tertiary alicyclic amines) is 1. The molecule has 0 aromatic heterocycles. The number of nitrogens with zero attached hydrogens (tertiary/aromatic N) is 2. The van der Waals surface area contributed by atoms with E-state index < -0.39 is 0 Å². The van der Waals surface area contributed by atoms with E-state index >= 15 is 0 Å². The maximum absolute atomic E-state index is 4.53. The summed E-state index contributed by atoms with van der Waals surface area (Å²) in [4.78, 5) is 2.56. The molecule has 3 rings (SSSR count). The van der Waals surface area contributed by atoms with E-state index in [2.05, 4.69) is 22.1 Å². The molecule has 0 saturated carbocycles. The van der Waals surface area contributed by atoms with Gasteiger partial charge in [-0.25, -0.2) is 0 Å². The van der Waals surface area contributed by atoms with Crippen LogP contribution < -0.4 is 0 Å². The molecule has 0 aromatic carbocycles. The van der Waals surface area contributed by atoms with Crippen molar-refractivity contribution < 1.29 is 0 Å². The minimum atomic E-state index is 0.299. The molecule has 2 bridgehead atoms. The summed E-state index contributed by atoms with van der Waals surface area (Å²) in [6.45, 7) is 1.32. The van der Waals surface area contributed by atoms with Crippen LogP contribution in [0, 0.1) is 0 Å². The number of hydrogen-bond acceptors (Lipinski definition) is 2. The van der Waals surface area contributed by atoms with Gasteiger partial charge in [0.15, 0.2) is 0 Å². The van der Waals surface area contributed by atoms with Crippen molar-refractivity contribution in [3.8, 4) is 0 Å². The Balaban J connectivity index is 1.44. The highest BCUT2D eigenvalue weighted by Gasteiger charge is 2.37. The third kappa shape index (κ3) is 3.08. The van der Waals surface area contributed by atoms with Crippen molar-refractivity contribution in [2.75, 3.05) is 19.3 Å². The summed E-state index contributed by atoms with van der Waals surface area (Å²) in [6, 6.07) is 2.66. The highest BCUT2D eigenvalue weighted by molar-refractivity contribution is 8.12. The molecule has 0 aromatic rings. The Labute approximate surface area is 121 Å². The average molecular weight is 282 g/mol. The lowest BCUT2D eigenvalue weighted by Crippen LogP contribution is -2.35. The van der Waals surface area contributed by atoms with E-state index in [1.165, 1.54) is 70.1 Å². The predicted molar refractivity (Wildman–Crippen MR) is 87.0 cm³/mol. The van der Waals surface area contributed by atoms with Crippen molar-refractivity contribution in [3.05, 3.63) is 0 Å². The van der Waals surface area contributed by atoms with Crippen molar-refractivity contribution in [2.24, 2.45) is 0 Å². The monoisotopic (exact) mass is 282 g/mol. The molecule has 0 spiro atoms. The van der Waals surface area contributed by atoms with E-state index in [0.717, 1.165) is 18.1 Å². The first-order valence-electron chi connectivity index (χ1n) is 8.25. The van der Waals surface area contributed by atoms with Crippen LogP contribution >= 0.6 is 10.7 Å². The molecule has 0 radical (unpaired) electrons. The zero-order valence-corrected chi connectivity index (χ0v) is 13.3. The second-order valence-electron chi connectivity index (χ2n) is 6.76. The molecule has 0 amide bonds. The van der Waals surface area contributed by atoms with Gasteiger partial charge in [-0.2, -0.15) is 0 Å². The standard InChI is InChI=1S/C16H30N2S/c1-17-12-4-8-14(17)9-5-13-19(2)18-15-6-3-7-16(18)11-10-15/h14-16H,2-13H2,1H3. The lowest BCUT2D eigenvalue weighted by molar-refractivity contribution is 0.268. The molecule has 0 aliphatic carbocycles. The van der Waals surface area contributed by atoms with Gasteiger partial charge in [0.25, 0.3) is 0 Å². The first-order chi connectivity index (χ1) is 9.25. The van der Waals surface area contributed by atoms with Crippen LogP contribution in [-0.4, -0.2) is 52.5 Å². The lowest BCUT2D eigenvalue weighted by atomic mass is 10.1. The van der Waals surface area contributed by atoms with Gasteiger partial charge in [0.1, 0.15) is 0 Å². The molecule has 4 unspecified atom stereocenters. The van der Waals surface area contributed by atoms with Gasteiger partial charge in [-0.15, -0.1) is 10.7 Å². The second-order valence-corrected chi connectivity index (χ2v) is 8.52. The smallest absolute Gasteiger partial charge is 0.0201 e. The van der Waals surface area contributed by atoms with Crippen LogP contribution in [0.25, 0.3) is 0 Å². The number of rotatable bonds is 5. The first-order valence-corrected chi connectivity index (χ1v) is 9.77. The fraction of sp³-hybridized carbons (Fsp3) is 0.938. The Bertz CT molecular complexity index is 315. The fourth-order valence-electron chi connectivity index (χ4n) is 4.43. The van der Waals surface area contributed by atoms with Crippen molar-refractivity contribution in [1.82, 2.24) is 9.21 Å². The zero-order chi connectivity index (χ0) is 13.2. The van der Waals surface area contributed by atoms with Crippen molar-refractivity contribution in [3.63, 3.8) is 0 Å². The number of hydrogen-bond donors (Lipinski definition) is 0. The van der Waals surface area contributed by atoms with Gasteiger partial charge in [-0.3, -0.25) is 4.31 Å². The summed E-state index contributed by atoms with van der Waals surface area (Å²) in [5, 5.41) is 0. The summed E-state index contributed by atoms with van der Waals surface area (Å²) in [7, 11) is 2.60. The number of fused-ring (bicyclic) bond motifs is 2. The summed E-state index contributed by atoms with van der Waals surface area (Å²) in [5.74, 6) is 5.87. The van der Waals surface area contributed by atoms with Gasteiger partial charge in [0, 0.05) is 23.9 Å². The van der Waals surface area contributed by atoms with Crippen LogP contribution in [0.5, 0.6) is 0 Å². The highest BCUT2D eigenvalue weighted by Crippen LogP contribution is 2.42. The normalized spacial score (nSPS) is 37.8. The minimum Gasteiger partial charge on any atom is -0.303 e. The highest BCUT2D eigenvalue weighted by atomic mass is 32.2. The third-order valence-electron chi connectivity index (χ3n) is 5.51. The Hall–Kier alpha value is 0.140. The van der Waals surface area contributed by atoms with Crippen LogP contribution in [0.15, 0.2) is 0 Å². The van der Waals surface area contributed by atoms with Crippen LogP contribution in [0.4, 0.5) is 0 Å². The Morgan fingerprint density at radius 2 is 1.79 bits per heavy atom. The molecule has 19 heavy (non-hydrogen) atoms. The van der Waals surface area contributed by atoms with E-state index in [1.54, 1.807) is 0 Å². The fourth-order valence-corrected chi connectivity index (χ4v) is 6.40. The van der Waals surface area contributed by atoms with Gasteiger partial charge in [-0.1, -0.05) is 12.3 Å². The van der Waals surface area contributed by atoms with E-state index in [1.807, 2.05) is 0 Å². The van der Waals surface area contributed by atoms with Crippen LogP contribution in [-0.2, 0) is 0 Å². The second kappa shape index (κ2) is 6.28. The number of piperidine rings is 1. The molecule has 3 heterocycles. The Morgan fingerprint density at radius 3 is 2.42 bits per heavy atom. The Morgan fingerprint density at radius 1 is 1.05 bits per heavy atom. The van der Waals surface area contributed by atoms with E-state index in [-0.39, 0.29) is 0 Å². The van der Waals surface area contributed by atoms with Crippen molar-refractivity contribution in [1.29, 1.82) is 0 Å².